The minimum Gasteiger partial charge on any atom is -0.300 e. The number of rotatable bonds is 9. The van der Waals surface area contributed by atoms with Crippen molar-refractivity contribution in [1.82, 2.24) is 0 Å². The molecule has 0 spiro atoms. The first-order valence-electron chi connectivity index (χ1n) is 8.03. The molecule has 142 valence electrons. The smallest absolute Gasteiger partial charge is 0.139 e. The molecule has 7 heteroatoms. The topological polar surface area (TPSA) is 102 Å². The Morgan fingerprint density at radius 3 is 0.680 bits per heavy atom. The predicted octanol–water partition coefficient (Wildman–Crippen LogP) is 2.83. The molecular weight excluding hydrogens is 360 g/mol. The standard InChI is InChI=1S/3C6H10O2.Ti/c3*1-3-6(8)4-5(2)7;/h3*3-4H2,1-2H3;. The predicted molar refractivity (Wildman–Crippen MR) is 91.8 cm³/mol. The van der Waals surface area contributed by atoms with Gasteiger partial charge in [-0.3, -0.25) is 28.8 Å². The third-order valence-corrected chi connectivity index (χ3v) is 2.52. The molecule has 0 fully saturated rings. The number of Topliss-reactive ketones (excluding diaryl/α,β-unsaturated/α-hetero) is 6. The van der Waals surface area contributed by atoms with E-state index in [1.807, 2.05) is 0 Å². The van der Waals surface area contributed by atoms with Crippen molar-refractivity contribution in [1.29, 1.82) is 0 Å². The van der Waals surface area contributed by atoms with Gasteiger partial charge in [-0.1, -0.05) is 20.8 Å². The minimum atomic E-state index is -0.0446. The molecule has 0 radical (unpaired) electrons. The van der Waals surface area contributed by atoms with E-state index in [0.29, 0.717) is 19.3 Å². The second-order valence-electron chi connectivity index (χ2n) is 5.31. The van der Waals surface area contributed by atoms with Gasteiger partial charge in [-0.2, -0.15) is 0 Å². The van der Waals surface area contributed by atoms with E-state index in [1.165, 1.54) is 20.8 Å². The molecule has 25 heavy (non-hydrogen) atoms. The van der Waals surface area contributed by atoms with E-state index in [1.54, 1.807) is 20.8 Å². The van der Waals surface area contributed by atoms with Crippen molar-refractivity contribution in [3.63, 3.8) is 0 Å². The maximum atomic E-state index is 10.4. The van der Waals surface area contributed by atoms with Crippen LogP contribution in [0.5, 0.6) is 0 Å². The summed E-state index contributed by atoms with van der Waals surface area (Å²) in [6, 6.07) is 0. The fourth-order valence-corrected chi connectivity index (χ4v) is 1.21. The van der Waals surface area contributed by atoms with E-state index in [9.17, 15) is 28.8 Å². The maximum Gasteiger partial charge on any atom is 0.139 e. The molecule has 0 heterocycles. The first kappa shape index (κ1) is 31.5. The fraction of sp³-hybridized carbons (Fsp3) is 0.667. The van der Waals surface area contributed by atoms with Gasteiger partial charge in [-0.25, -0.2) is 0 Å². The van der Waals surface area contributed by atoms with Crippen LogP contribution in [0.2, 0.25) is 0 Å². The zero-order chi connectivity index (χ0) is 19.7. The molecule has 0 aliphatic heterocycles. The number of carbonyl (C=O) groups excluding carboxylic acids is 6. The monoisotopic (exact) mass is 390 g/mol. The molecule has 0 aromatic heterocycles. The summed E-state index contributed by atoms with van der Waals surface area (Å²) in [7, 11) is 0. The second kappa shape index (κ2) is 20.8. The molecule has 0 amide bonds. The Hall–Kier alpha value is -1.27. The number of hydrogen-bond acceptors (Lipinski definition) is 6. The Labute approximate surface area is 165 Å². The van der Waals surface area contributed by atoms with Crippen molar-refractivity contribution < 1.29 is 50.5 Å². The second-order valence-corrected chi connectivity index (χ2v) is 5.31. The zero-order valence-electron chi connectivity index (χ0n) is 16.2. The molecule has 6 nitrogen and oxygen atoms in total. The van der Waals surface area contributed by atoms with E-state index in [2.05, 4.69) is 0 Å². The number of hydrogen-bond donors (Lipinski definition) is 0. The van der Waals surface area contributed by atoms with E-state index in [0.717, 1.165) is 0 Å². The summed E-state index contributed by atoms with van der Waals surface area (Å²) in [4.78, 5) is 61.8. The average molecular weight is 390 g/mol. The van der Waals surface area contributed by atoms with E-state index < -0.39 is 0 Å². The van der Waals surface area contributed by atoms with Crippen LogP contribution in [-0.2, 0) is 50.5 Å². The molecule has 0 bridgehead atoms. The van der Waals surface area contributed by atoms with Crippen molar-refractivity contribution in [3.8, 4) is 0 Å². The van der Waals surface area contributed by atoms with Crippen LogP contribution in [0, 0.1) is 0 Å². The van der Waals surface area contributed by atoms with Crippen molar-refractivity contribution in [2.45, 2.75) is 80.1 Å². The largest absolute Gasteiger partial charge is 0.300 e. The normalized spacial score (nSPS) is 8.40. The van der Waals surface area contributed by atoms with Crippen molar-refractivity contribution in [3.05, 3.63) is 0 Å². The summed E-state index contributed by atoms with van der Waals surface area (Å²) in [6.45, 7) is 9.54. The Morgan fingerprint density at radius 2 is 0.640 bits per heavy atom. The van der Waals surface area contributed by atoms with Crippen molar-refractivity contribution in [2.75, 3.05) is 0 Å². The van der Waals surface area contributed by atoms with Crippen LogP contribution in [0.25, 0.3) is 0 Å². The summed E-state index contributed by atoms with van der Waals surface area (Å²) < 4.78 is 0. The molecular formula is C18H30O6Ti. The molecule has 0 saturated carbocycles. The van der Waals surface area contributed by atoms with Gasteiger partial charge in [0.05, 0.1) is 19.3 Å². The van der Waals surface area contributed by atoms with Crippen LogP contribution in [0.1, 0.15) is 80.1 Å². The van der Waals surface area contributed by atoms with Gasteiger partial charge in [-0.05, 0) is 20.8 Å². The Morgan fingerprint density at radius 1 is 0.480 bits per heavy atom. The van der Waals surface area contributed by atoms with Gasteiger partial charge in [0.15, 0.2) is 0 Å². The molecule has 0 aliphatic carbocycles. The van der Waals surface area contributed by atoms with E-state index in [4.69, 9.17) is 0 Å². The van der Waals surface area contributed by atoms with Gasteiger partial charge in [0.1, 0.15) is 34.7 Å². The molecule has 0 rings (SSSR count). The molecule has 0 atom stereocenters. The molecule has 0 aliphatic rings. The van der Waals surface area contributed by atoms with Gasteiger partial charge in [0, 0.05) is 41.0 Å². The number of carbonyl (C=O) groups is 6. The SMILES string of the molecule is CCC(=O)CC(C)=O.CCC(=O)CC(C)=O.CCC(=O)CC(C)=O.[Ti]. The third-order valence-electron chi connectivity index (χ3n) is 2.52. The van der Waals surface area contributed by atoms with Crippen LogP contribution in [-0.4, -0.2) is 34.7 Å². The molecule has 0 aromatic carbocycles. The van der Waals surface area contributed by atoms with Crippen LogP contribution < -0.4 is 0 Å². The van der Waals surface area contributed by atoms with Crippen LogP contribution in [0.3, 0.4) is 0 Å². The zero-order valence-corrected chi connectivity index (χ0v) is 17.8. The van der Waals surface area contributed by atoms with Crippen LogP contribution in [0.15, 0.2) is 0 Å². The molecule has 0 unspecified atom stereocenters. The summed E-state index contributed by atoms with van der Waals surface area (Å²) in [5.74, 6) is -0.0574. The van der Waals surface area contributed by atoms with Gasteiger partial charge in [0.2, 0.25) is 0 Å². The summed E-state index contributed by atoms with van der Waals surface area (Å²) in [5, 5.41) is 0. The third kappa shape index (κ3) is 34.9. The fourth-order valence-electron chi connectivity index (χ4n) is 1.21. The maximum absolute atomic E-state index is 10.4. The van der Waals surface area contributed by atoms with Crippen LogP contribution in [0.4, 0.5) is 0 Å². The molecule has 0 aromatic rings. The summed E-state index contributed by atoms with van der Waals surface area (Å²) in [5.41, 5.74) is 0. The van der Waals surface area contributed by atoms with Gasteiger partial charge in [0.25, 0.3) is 0 Å². The molecule has 0 N–H and O–H groups in total. The summed E-state index contributed by atoms with van der Waals surface area (Å²) >= 11 is 0. The first-order valence-corrected chi connectivity index (χ1v) is 8.03. The first-order chi connectivity index (χ1) is 11.0. The Bertz CT molecular complexity index is 388. The van der Waals surface area contributed by atoms with Crippen molar-refractivity contribution in [2.24, 2.45) is 0 Å². The van der Waals surface area contributed by atoms with E-state index >= 15 is 0 Å². The summed E-state index contributed by atoms with van der Waals surface area (Å²) in [6.07, 6.45) is 1.74. The van der Waals surface area contributed by atoms with Gasteiger partial charge in [-0.15, -0.1) is 0 Å². The van der Waals surface area contributed by atoms with Gasteiger partial charge >= 0.3 is 0 Å². The average Bonchev–Trinajstić information content (AvgIpc) is 2.46. The van der Waals surface area contributed by atoms with Crippen molar-refractivity contribution >= 4 is 34.7 Å². The Balaban J connectivity index is -0.000000130. The van der Waals surface area contributed by atoms with Gasteiger partial charge < -0.3 is 0 Å². The number of ketones is 6. The van der Waals surface area contributed by atoms with Crippen LogP contribution >= 0.6 is 0 Å². The molecule has 0 saturated heterocycles. The quantitative estimate of drug-likeness (QED) is 0.443. The minimum absolute atomic E-state index is 0. The van der Waals surface area contributed by atoms with E-state index in [-0.39, 0.29) is 75.7 Å². The Kier molecular flexibility index (Phi) is 26.2.